The number of benzene rings is 1. The highest BCUT2D eigenvalue weighted by atomic mass is 32.1. The topological polar surface area (TPSA) is 55.1 Å². The number of thiazole rings is 1. The molecule has 15 heavy (non-hydrogen) atoms. The Morgan fingerprint density at radius 2 is 2.20 bits per heavy atom. The number of nitrogens with zero attached hydrogens (tertiary/aromatic N) is 2. The van der Waals surface area contributed by atoms with Crippen molar-refractivity contribution in [2.75, 3.05) is 13.2 Å². The molecule has 2 aromatic rings. The van der Waals surface area contributed by atoms with E-state index in [9.17, 15) is 0 Å². The van der Waals surface area contributed by atoms with Gasteiger partial charge in [-0.3, -0.25) is 0 Å². The van der Waals surface area contributed by atoms with Crippen LogP contribution >= 0.6 is 11.3 Å². The second kappa shape index (κ2) is 3.11. The van der Waals surface area contributed by atoms with Crippen molar-refractivity contribution in [2.24, 2.45) is 0 Å². The van der Waals surface area contributed by atoms with Crippen molar-refractivity contribution in [1.29, 1.82) is 5.26 Å². The van der Waals surface area contributed by atoms with E-state index in [0.717, 1.165) is 21.7 Å². The van der Waals surface area contributed by atoms with Crippen LogP contribution in [-0.2, 0) is 0 Å². The molecule has 0 saturated heterocycles. The van der Waals surface area contributed by atoms with E-state index in [1.807, 2.05) is 18.2 Å². The Kier molecular flexibility index (Phi) is 1.76. The van der Waals surface area contributed by atoms with Crippen molar-refractivity contribution in [3.63, 3.8) is 0 Å². The first-order valence-corrected chi connectivity index (χ1v) is 5.29. The van der Waals surface area contributed by atoms with E-state index in [4.69, 9.17) is 14.7 Å². The summed E-state index contributed by atoms with van der Waals surface area (Å²) in [5.74, 6) is 1.46. The summed E-state index contributed by atoms with van der Waals surface area (Å²) in [4.78, 5) is 4.16. The van der Waals surface area contributed by atoms with Crippen LogP contribution in [0.25, 0.3) is 10.2 Å². The van der Waals surface area contributed by atoms with Gasteiger partial charge in [-0.1, -0.05) is 11.3 Å². The van der Waals surface area contributed by atoms with E-state index in [1.165, 1.54) is 11.3 Å². The fraction of sp³-hybridized carbons (Fsp3) is 0.200. The molecule has 1 aromatic heterocycles. The zero-order chi connectivity index (χ0) is 10.3. The first kappa shape index (κ1) is 8.50. The summed E-state index contributed by atoms with van der Waals surface area (Å²) in [6.07, 6.45) is 0. The lowest BCUT2D eigenvalue weighted by atomic mass is 10.3. The van der Waals surface area contributed by atoms with E-state index in [1.54, 1.807) is 0 Å². The van der Waals surface area contributed by atoms with Gasteiger partial charge in [-0.15, -0.1) is 0 Å². The molecule has 4 nitrogen and oxygen atoms in total. The molecule has 5 heteroatoms. The van der Waals surface area contributed by atoms with Crippen molar-refractivity contribution in [2.45, 2.75) is 0 Å². The van der Waals surface area contributed by atoms with Crippen molar-refractivity contribution in [3.05, 3.63) is 17.1 Å². The number of rotatable bonds is 0. The zero-order valence-corrected chi connectivity index (χ0v) is 8.50. The summed E-state index contributed by atoms with van der Waals surface area (Å²) >= 11 is 1.33. The zero-order valence-electron chi connectivity index (χ0n) is 7.69. The molecule has 1 aromatic carbocycles. The van der Waals surface area contributed by atoms with Gasteiger partial charge in [0.2, 0.25) is 0 Å². The molecule has 2 heterocycles. The van der Waals surface area contributed by atoms with Gasteiger partial charge in [-0.2, -0.15) is 5.26 Å². The molecule has 0 atom stereocenters. The highest BCUT2D eigenvalue weighted by molar-refractivity contribution is 7.19. The van der Waals surface area contributed by atoms with Crippen molar-refractivity contribution in [3.8, 4) is 17.6 Å². The molecular weight excluding hydrogens is 212 g/mol. The molecule has 74 valence electrons. The fourth-order valence-corrected chi connectivity index (χ4v) is 2.40. The van der Waals surface area contributed by atoms with Crippen molar-refractivity contribution >= 4 is 21.6 Å². The largest absolute Gasteiger partial charge is 0.486 e. The van der Waals surface area contributed by atoms with Gasteiger partial charge in [0.15, 0.2) is 16.5 Å². The summed E-state index contributed by atoms with van der Waals surface area (Å²) in [6.45, 7) is 1.12. The van der Waals surface area contributed by atoms with Crippen LogP contribution in [0, 0.1) is 11.3 Å². The minimum atomic E-state index is 0.451. The number of hydrogen-bond donors (Lipinski definition) is 0. The van der Waals surface area contributed by atoms with Gasteiger partial charge in [-0.25, -0.2) is 4.98 Å². The number of hydrogen-bond acceptors (Lipinski definition) is 5. The van der Waals surface area contributed by atoms with E-state index in [2.05, 4.69) is 4.98 Å². The summed E-state index contributed by atoms with van der Waals surface area (Å²) in [7, 11) is 0. The second-order valence-electron chi connectivity index (χ2n) is 3.07. The van der Waals surface area contributed by atoms with Gasteiger partial charge in [0.25, 0.3) is 0 Å². The number of fused-ring (bicyclic) bond motifs is 3. The molecule has 0 N–H and O–H groups in total. The number of nitriles is 1. The average molecular weight is 218 g/mol. The van der Waals surface area contributed by atoms with Gasteiger partial charge in [-0.05, 0) is 12.1 Å². The van der Waals surface area contributed by atoms with Gasteiger partial charge < -0.3 is 9.47 Å². The monoisotopic (exact) mass is 218 g/mol. The molecule has 0 unspecified atom stereocenters. The van der Waals surface area contributed by atoms with Gasteiger partial charge >= 0.3 is 0 Å². The Labute approximate surface area is 89.7 Å². The molecule has 0 bridgehead atoms. The molecule has 0 spiro atoms. The van der Waals surface area contributed by atoms with Crippen LogP contribution in [0.4, 0.5) is 0 Å². The maximum atomic E-state index is 8.77. The maximum absolute atomic E-state index is 8.77. The Bertz CT molecular complexity index is 571. The lowest BCUT2D eigenvalue weighted by Crippen LogP contribution is -2.15. The lowest BCUT2D eigenvalue weighted by Gasteiger charge is -2.18. The van der Waals surface area contributed by atoms with E-state index in [-0.39, 0.29) is 0 Å². The number of aromatic nitrogens is 1. The Morgan fingerprint density at radius 3 is 3.07 bits per heavy atom. The Hall–Kier alpha value is -1.80. The molecule has 0 aliphatic carbocycles. The van der Waals surface area contributed by atoms with Gasteiger partial charge in [0.1, 0.15) is 24.0 Å². The maximum Gasteiger partial charge on any atom is 0.195 e. The Balaban J connectivity index is 2.31. The summed E-state index contributed by atoms with van der Waals surface area (Å²) < 4.78 is 11.9. The van der Waals surface area contributed by atoms with Crippen LogP contribution in [0.3, 0.4) is 0 Å². The molecule has 0 radical (unpaired) electrons. The van der Waals surface area contributed by atoms with Crippen LogP contribution in [0.1, 0.15) is 5.01 Å². The second-order valence-corrected chi connectivity index (χ2v) is 4.07. The predicted molar refractivity (Wildman–Crippen MR) is 55.3 cm³/mol. The lowest BCUT2D eigenvalue weighted by molar-refractivity contribution is 0.174. The summed E-state index contributed by atoms with van der Waals surface area (Å²) in [5, 5.41) is 9.22. The van der Waals surface area contributed by atoms with Crippen LogP contribution in [0.15, 0.2) is 12.1 Å². The standard InChI is InChI=1S/C10H6N2O2S/c11-5-8-12-6-1-2-7-9(10(6)15-8)14-4-3-13-7/h1-2H,3-4H2. The summed E-state index contributed by atoms with van der Waals surface area (Å²) in [5.41, 5.74) is 0.792. The van der Waals surface area contributed by atoms with E-state index < -0.39 is 0 Å². The third-order valence-electron chi connectivity index (χ3n) is 2.16. The predicted octanol–water partition coefficient (Wildman–Crippen LogP) is 1.94. The van der Waals surface area contributed by atoms with Crippen LogP contribution in [-0.4, -0.2) is 18.2 Å². The molecule has 0 saturated carbocycles. The fourth-order valence-electron chi connectivity index (χ4n) is 1.54. The highest BCUT2D eigenvalue weighted by Crippen LogP contribution is 2.40. The molecule has 0 fully saturated rings. The Morgan fingerprint density at radius 1 is 1.33 bits per heavy atom. The molecule has 1 aliphatic heterocycles. The highest BCUT2D eigenvalue weighted by Gasteiger charge is 2.17. The SMILES string of the molecule is N#Cc1nc2ccc3c(c2s1)OCCO3. The third-order valence-corrected chi connectivity index (χ3v) is 3.13. The van der Waals surface area contributed by atoms with Crippen molar-refractivity contribution in [1.82, 2.24) is 4.98 Å². The first-order chi connectivity index (χ1) is 7.38. The molecule has 3 rings (SSSR count). The average Bonchev–Trinajstić information content (AvgIpc) is 2.72. The van der Waals surface area contributed by atoms with E-state index in [0.29, 0.717) is 18.2 Å². The summed E-state index contributed by atoms with van der Waals surface area (Å²) in [6, 6.07) is 5.71. The number of ether oxygens (including phenoxy) is 2. The molecular formula is C10H6N2O2S. The minimum absolute atomic E-state index is 0.451. The molecule has 0 amide bonds. The van der Waals surface area contributed by atoms with Gasteiger partial charge in [0.05, 0.1) is 5.52 Å². The quantitative estimate of drug-likeness (QED) is 0.678. The van der Waals surface area contributed by atoms with Crippen LogP contribution in [0.5, 0.6) is 11.5 Å². The van der Waals surface area contributed by atoms with E-state index >= 15 is 0 Å². The van der Waals surface area contributed by atoms with Crippen molar-refractivity contribution < 1.29 is 9.47 Å². The minimum Gasteiger partial charge on any atom is -0.486 e. The third kappa shape index (κ3) is 1.22. The van der Waals surface area contributed by atoms with Crippen LogP contribution in [0.2, 0.25) is 0 Å². The van der Waals surface area contributed by atoms with Gasteiger partial charge in [0, 0.05) is 0 Å². The first-order valence-electron chi connectivity index (χ1n) is 4.48. The van der Waals surface area contributed by atoms with Crippen LogP contribution < -0.4 is 9.47 Å². The normalized spacial score (nSPS) is 13.8. The molecule has 1 aliphatic rings. The smallest absolute Gasteiger partial charge is 0.195 e.